The molecule has 0 atom stereocenters. The van der Waals surface area contributed by atoms with E-state index in [0.717, 1.165) is 11.3 Å². The highest BCUT2D eigenvalue weighted by molar-refractivity contribution is 7.80. The largest absolute Gasteiger partial charge is 0.493 e. The standard InChI is InChI=1S/C16H17FN2O2S/c1-20-14-8-3-11(9-15(14)21-2)10-18-16(22)19-13-6-4-12(17)5-7-13/h3-9H,10H2,1-2H3,(H2,18,19,22). The molecule has 22 heavy (non-hydrogen) atoms. The number of benzene rings is 2. The van der Waals surface area contributed by atoms with Crippen LogP contribution in [0.15, 0.2) is 42.5 Å². The van der Waals surface area contributed by atoms with Crippen LogP contribution in [-0.2, 0) is 6.54 Å². The molecule has 0 aliphatic heterocycles. The molecule has 0 spiro atoms. The maximum atomic E-state index is 12.8. The lowest BCUT2D eigenvalue weighted by molar-refractivity contribution is 0.354. The number of hydrogen-bond donors (Lipinski definition) is 2. The third-order valence-corrected chi connectivity index (χ3v) is 3.25. The zero-order chi connectivity index (χ0) is 15.9. The predicted molar refractivity (Wildman–Crippen MR) is 89.0 cm³/mol. The van der Waals surface area contributed by atoms with E-state index >= 15 is 0 Å². The summed E-state index contributed by atoms with van der Waals surface area (Å²) in [7, 11) is 3.19. The van der Waals surface area contributed by atoms with Crippen molar-refractivity contribution in [2.24, 2.45) is 0 Å². The molecule has 0 amide bonds. The van der Waals surface area contributed by atoms with Crippen LogP contribution in [0, 0.1) is 5.82 Å². The van der Waals surface area contributed by atoms with Crippen LogP contribution in [0.2, 0.25) is 0 Å². The van der Waals surface area contributed by atoms with Crippen LogP contribution in [-0.4, -0.2) is 19.3 Å². The lowest BCUT2D eigenvalue weighted by atomic mass is 10.2. The first kappa shape index (κ1) is 16.0. The van der Waals surface area contributed by atoms with Gasteiger partial charge in [0.05, 0.1) is 14.2 Å². The SMILES string of the molecule is COc1ccc(CNC(=S)Nc2ccc(F)cc2)cc1OC. The molecule has 4 nitrogen and oxygen atoms in total. The molecule has 0 radical (unpaired) electrons. The Morgan fingerprint density at radius 1 is 1.05 bits per heavy atom. The number of rotatable bonds is 5. The Kier molecular flexibility index (Phi) is 5.55. The lowest BCUT2D eigenvalue weighted by Crippen LogP contribution is -2.27. The van der Waals surface area contributed by atoms with Gasteiger partial charge in [-0.1, -0.05) is 6.07 Å². The van der Waals surface area contributed by atoms with Crippen molar-refractivity contribution < 1.29 is 13.9 Å². The van der Waals surface area contributed by atoms with Gasteiger partial charge in [-0.05, 0) is 54.2 Å². The minimum Gasteiger partial charge on any atom is -0.493 e. The summed E-state index contributed by atoms with van der Waals surface area (Å²) in [5.74, 6) is 1.06. The van der Waals surface area contributed by atoms with E-state index in [1.807, 2.05) is 18.2 Å². The summed E-state index contributed by atoms with van der Waals surface area (Å²) in [6.45, 7) is 0.535. The van der Waals surface area contributed by atoms with Gasteiger partial charge >= 0.3 is 0 Å². The zero-order valence-corrected chi connectivity index (χ0v) is 13.2. The van der Waals surface area contributed by atoms with Crippen molar-refractivity contribution in [3.63, 3.8) is 0 Å². The van der Waals surface area contributed by atoms with Crippen LogP contribution in [0.5, 0.6) is 11.5 Å². The van der Waals surface area contributed by atoms with Crippen molar-refractivity contribution in [2.75, 3.05) is 19.5 Å². The van der Waals surface area contributed by atoms with Crippen molar-refractivity contribution in [3.8, 4) is 11.5 Å². The van der Waals surface area contributed by atoms with E-state index in [1.165, 1.54) is 12.1 Å². The fourth-order valence-corrected chi connectivity index (χ4v) is 2.07. The van der Waals surface area contributed by atoms with Gasteiger partial charge in [0.1, 0.15) is 5.82 Å². The molecular formula is C16H17FN2O2S. The molecule has 0 fully saturated rings. The molecule has 2 N–H and O–H groups in total. The van der Waals surface area contributed by atoms with Crippen LogP contribution >= 0.6 is 12.2 Å². The summed E-state index contributed by atoms with van der Waals surface area (Å²) in [6, 6.07) is 11.6. The van der Waals surface area contributed by atoms with E-state index in [9.17, 15) is 4.39 Å². The second-order valence-electron chi connectivity index (χ2n) is 4.50. The van der Waals surface area contributed by atoms with Crippen molar-refractivity contribution >= 4 is 23.0 Å². The molecule has 0 aromatic heterocycles. The number of thiocarbonyl (C=S) groups is 1. The first-order valence-electron chi connectivity index (χ1n) is 6.63. The van der Waals surface area contributed by atoms with Crippen LogP contribution in [0.25, 0.3) is 0 Å². The molecule has 2 aromatic rings. The quantitative estimate of drug-likeness (QED) is 0.827. The van der Waals surface area contributed by atoms with E-state index in [-0.39, 0.29) is 5.82 Å². The second kappa shape index (κ2) is 7.61. The van der Waals surface area contributed by atoms with Gasteiger partial charge in [0.2, 0.25) is 0 Å². The summed E-state index contributed by atoms with van der Waals surface area (Å²) in [6.07, 6.45) is 0. The Balaban J connectivity index is 1.92. The van der Waals surface area contributed by atoms with Gasteiger partial charge in [-0.2, -0.15) is 0 Å². The average molecular weight is 320 g/mol. The molecule has 0 saturated carbocycles. The second-order valence-corrected chi connectivity index (χ2v) is 4.91. The Morgan fingerprint density at radius 3 is 2.36 bits per heavy atom. The molecular weight excluding hydrogens is 303 g/mol. The Bertz CT molecular complexity index is 647. The van der Waals surface area contributed by atoms with Crippen LogP contribution in [0.4, 0.5) is 10.1 Å². The number of halogens is 1. The third kappa shape index (κ3) is 4.33. The Labute approximate surface area is 134 Å². The molecule has 0 heterocycles. The molecule has 0 bridgehead atoms. The van der Waals surface area contributed by atoms with Gasteiger partial charge in [-0.25, -0.2) is 4.39 Å². The van der Waals surface area contributed by atoms with Crippen LogP contribution in [0.3, 0.4) is 0 Å². The minimum absolute atomic E-state index is 0.283. The highest BCUT2D eigenvalue weighted by atomic mass is 32.1. The maximum absolute atomic E-state index is 12.8. The fourth-order valence-electron chi connectivity index (χ4n) is 1.88. The van der Waals surface area contributed by atoms with Gasteiger partial charge in [-0.15, -0.1) is 0 Å². The van der Waals surface area contributed by atoms with Gasteiger partial charge in [-0.3, -0.25) is 0 Å². The van der Waals surface area contributed by atoms with E-state index in [2.05, 4.69) is 10.6 Å². The van der Waals surface area contributed by atoms with E-state index < -0.39 is 0 Å². The number of anilines is 1. The van der Waals surface area contributed by atoms with Crippen LogP contribution in [0.1, 0.15) is 5.56 Å². The number of hydrogen-bond acceptors (Lipinski definition) is 3. The number of methoxy groups -OCH3 is 2. The highest BCUT2D eigenvalue weighted by Gasteiger charge is 2.05. The minimum atomic E-state index is -0.283. The molecule has 0 saturated heterocycles. The van der Waals surface area contributed by atoms with Gasteiger partial charge in [0.15, 0.2) is 16.6 Å². The first-order chi connectivity index (χ1) is 10.6. The molecule has 0 aliphatic rings. The van der Waals surface area contributed by atoms with E-state index in [4.69, 9.17) is 21.7 Å². The van der Waals surface area contributed by atoms with Crippen molar-refractivity contribution in [1.29, 1.82) is 0 Å². The fraction of sp³-hybridized carbons (Fsp3) is 0.188. The topological polar surface area (TPSA) is 42.5 Å². The molecule has 0 unspecified atom stereocenters. The number of ether oxygens (including phenoxy) is 2. The average Bonchev–Trinajstić information content (AvgIpc) is 2.54. The predicted octanol–water partition coefficient (Wildman–Crippen LogP) is 3.33. The molecule has 116 valence electrons. The lowest BCUT2D eigenvalue weighted by Gasteiger charge is -2.12. The maximum Gasteiger partial charge on any atom is 0.171 e. The van der Waals surface area contributed by atoms with Crippen molar-refractivity contribution in [1.82, 2.24) is 5.32 Å². The first-order valence-corrected chi connectivity index (χ1v) is 7.04. The summed E-state index contributed by atoms with van der Waals surface area (Å²) >= 11 is 5.21. The normalized spacial score (nSPS) is 9.95. The van der Waals surface area contributed by atoms with Gasteiger partial charge in [0.25, 0.3) is 0 Å². The van der Waals surface area contributed by atoms with Crippen molar-refractivity contribution in [2.45, 2.75) is 6.54 Å². The summed E-state index contributed by atoms with van der Waals surface area (Å²) in [5, 5.41) is 6.53. The molecule has 6 heteroatoms. The highest BCUT2D eigenvalue weighted by Crippen LogP contribution is 2.27. The Hall–Kier alpha value is -2.34. The summed E-state index contributed by atoms with van der Waals surface area (Å²) in [5.41, 5.74) is 1.73. The zero-order valence-electron chi connectivity index (χ0n) is 12.4. The summed E-state index contributed by atoms with van der Waals surface area (Å²) < 4.78 is 23.3. The molecule has 2 aromatic carbocycles. The van der Waals surface area contributed by atoms with Crippen molar-refractivity contribution in [3.05, 3.63) is 53.8 Å². The Morgan fingerprint density at radius 2 is 1.73 bits per heavy atom. The van der Waals surface area contributed by atoms with Gasteiger partial charge in [0, 0.05) is 12.2 Å². The molecule has 2 rings (SSSR count). The monoisotopic (exact) mass is 320 g/mol. The number of nitrogens with one attached hydrogen (secondary N) is 2. The van der Waals surface area contributed by atoms with Crippen LogP contribution < -0.4 is 20.1 Å². The third-order valence-electron chi connectivity index (χ3n) is 3.00. The summed E-state index contributed by atoms with van der Waals surface area (Å²) in [4.78, 5) is 0. The smallest absolute Gasteiger partial charge is 0.171 e. The van der Waals surface area contributed by atoms with E-state index in [0.29, 0.717) is 23.2 Å². The van der Waals surface area contributed by atoms with Gasteiger partial charge < -0.3 is 20.1 Å². The molecule has 0 aliphatic carbocycles. The van der Waals surface area contributed by atoms with E-state index in [1.54, 1.807) is 26.4 Å².